The highest BCUT2D eigenvalue weighted by atomic mass is 32.2. The van der Waals surface area contributed by atoms with Crippen LogP contribution in [0.3, 0.4) is 0 Å². The normalized spacial score (nSPS) is 15.7. The Labute approximate surface area is 142 Å². The van der Waals surface area contributed by atoms with Crippen molar-refractivity contribution in [3.8, 4) is 0 Å². The SMILES string of the molecule is CN1CCN(C(=O)c2cccc(S(C)(=O)=O)c2)c2ccccc2C1. The summed E-state index contributed by atoms with van der Waals surface area (Å²) in [6.45, 7) is 2.10. The average molecular weight is 344 g/mol. The first-order valence-corrected chi connectivity index (χ1v) is 9.64. The van der Waals surface area contributed by atoms with E-state index in [1.807, 2.05) is 31.3 Å². The molecular formula is C18H20N2O3S. The largest absolute Gasteiger partial charge is 0.307 e. The smallest absolute Gasteiger partial charge is 0.258 e. The molecule has 0 N–H and O–H groups in total. The van der Waals surface area contributed by atoms with E-state index in [1.54, 1.807) is 17.0 Å². The quantitative estimate of drug-likeness (QED) is 0.838. The van der Waals surface area contributed by atoms with Gasteiger partial charge >= 0.3 is 0 Å². The minimum atomic E-state index is -3.35. The van der Waals surface area contributed by atoms with Crippen LogP contribution in [0.4, 0.5) is 5.69 Å². The molecule has 1 aliphatic heterocycles. The summed E-state index contributed by atoms with van der Waals surface area (Å²) in [6, 6.07) is 14.1. The van der Waals surface area contributed by atoms with Gasteiger partial charge in [-0.2, -0.15) is 0 Å². The molecule has 0 unspecified atom stereocenters. The van der Waals surface area contributed by atoms with E-state index in [1.165, 1.54) is 12.1 Å². The number of benzene rings is 2. The Morgan fingerprint density at radius 2 is 1.79 bits per heavy atom. The molecule has 1 aliphatic rings. The highest BCUT2D eigenvalue weighted by Gasteiger charge is 2.24. The molecule has 0 aliphatic carbocycles. The molecule has 5 nitrogen and oxygen atoms in total. The van der Waals surface area contributed by atoms with Crippen molar-refractivity contribution in [2.45, 2.75) is 11.4 Å². The second kappa shape index (κ2) is 6.37. The summed E-state index contributed by atoms with van der Waals surface area (Å²) < 4.78 is 23.5. The summed E-state index contributed by atoms with van der Waals surface area (Å²) in [5.74, 6) is -0.178. The molecule has 24 heavy (non-hydrogen) atoms. The predicted molar refractivity (Wildman–Crippen MR) is 94.0 cm³/mol. The van der Waals surface area contributed by atoms with Crippen molar-refractivity contribution in [1.82, 2.24) is 4.90 Å². The van der Waals surface area contributed by atoms with Crippen LogP contribution in [0.15, 0.2) is 53.4 Å². The van der Waals surface area contributed by atoms with Crippen LogP contribution in [0.25, 0.3) is 0 Å². The number of para-hydroxylation sites is 1. The molecule has 2 aromatic rings. The Morgan fingerprint density at radius 1 is 1.04 bits per heavy atom. The van der Waals surface area contributed by atoms with Gasteiger partial charge in [-0.3, -0.25) is 4.79 Å². The molecule has 3 rings (SSSR count). The Morgan fingerprint density at radius 3 is 2.54 bits per heavy atom. The maximum atomic E-state index is 13.0. The Kier molecular flexibility index (Phi) is 4.43. The summed E-state index contributed by atoms with van der Waals surface area (Å²) in [5, 5.41) is 0. The van der Waals surface area contributed by atoms with E-state index in [9.17, 15) is 13.2 Å². The van der Waals surface area contributed by atoms with Crippen LogP contribution in [-0.4, -0.2) is 45.6 Å². The van der Waals surface area contributed by atoms with Gasteiger partial charge in [-0.1, -0.05) is 24.3 Å². The third-order valence-electron chi connectivity index (χ3n) is 4.18. The number of carbonyl (C=O) groups excluding carboxylic acids is 1. The maximum Gasteiger partial charge on any atom is 0.258 e. The fourth-order valence-corrected chi connectivity index (χ4v) is 3.56. The number of fused-ring (bicyclic) bond motifs is 1. The zero-order valence-corrected chi connectivity index (χ0v) is 14.6. The first-order valence-electron chi connectivity index (χ1n) is 7.75. The number of amides is 1. The van der Waals surface area contributed by atoms with Crippen LogP contribution in [0.1, 0.15) is 15.9 Å². The van der Waals surface area contributed by atoms with E-state index in [0.717, 1.165) is 30.6 Å². The van der Waals surface area contributed by atoms with Crippen LogP contribution in [0, 0.1) is 0 Å². The van der Waals surface area contributed by atoms with Gasteiger partial charge in [-0.25, -0.2) is 8.42 Å². The number of rotatable bonds is 2. The van der Waals surface area contributed by atoms with Crippen LogP contribution in [0.5, 0.6) is 0 Å². The third-order valence-corrected chi connectivity index (χ3v) is 5.29. The predicted octanol–water partition coefficient (Wildman–Crippen LogP) is 2.18. The summed E-state index contributed by atoms with van der Waals surface area (Å²) in [6.07, 6.45) is 1.15. The first-order chi connectivity index (χ1) is 11.4. The molecule has 0 aromatic heterocycles. The molecule has 0 atom stereocenters. The zero-order valence-electron chi connectivity index (χ0n) is 13.8. The number of nitrogens with zero attached hydrogens (tertiary/aromatic N) is 2. The summed E-state index contributed by atoms with van der Waals surface area (Å²) in [5.41, 5.74) is 2.36. The van der Waals surface area contributed by atoms with E-state index in [4.69, 9.17) is 0 Å². The van der Waals surface area contributed by atoms with Crippen molar-refractivity contribution in [3.05, 3.63) is 59.7 Å². The second-order valence-electron chi connectivity index (χ2n) is 6.12. The molecule has 0 fully saturated rings. The van der Waals surface area contributed by atoms with Crippen LogP contribution >= 0.6 is 0 Å². The van der Waals surface area contributed by atoms with Crippen molar-refractivity contribution in [2.24, 2.45) is 0 Å². The Bertz CT molecular complexity index is 877. The summed E-state index contributed by atoms with van der Waals surface area (Å²) in [4.78, 5) is 17.1. The first kappa shape index (κ1) is 16.7. The molecule has 126 valence electrons. The number of hydrogen-bond donors (Lipinski definition) is 0. The van der Waals surface area contributed by atoms with Gasteiger partial charge in [0.05, 0.1) is 4.90 Å². The molecule has 0 spiro atoms. The number of anilines is 1. The molecule has 0 saturated carbocycles. The number of carbonyl (C=O) groups is 1. The zero-order chi connectivity index (χ0) is 17.3. The van der Waals surface area contributed by atoms with Crippen molar-refractivity contribution < 1.29 is 13.2 Å². The Balaban J connectivity index is 2.01. The molecule has 6 heteroatoms. The lowest BCUT2D eigenvalue weighted by atomic mass is 10.1. The summed E-state index contributed by atoms with van der Waals surface area (Å²) >= 11 is 0. The lowest BCUT2D eigenvalue weighted by Crippen LogP contribution is -2.35. The highest BCUT2D eigenvalue weighted by molar-refractivity contribution is 7.90. The lowest BCUT2D eigenvalue weighted by Gasteiger charge is -2.23. The minimum Gasteiger partial charge on any atom is -0.307 e. The van der Waals surface area contributed by atoms with Gasteiger partial charge in [-0.15, -0.1) is 0 Å². The van der Waals surface area contributed by atoms with Gasteiger partial charge in [0.1, 0.15) is 0 Å². The van der Waals surface area contributed by atoms with Gasteiger partial charge in [-0.05, 0) is 36.9 Å². The van der Waals surface area contributed by atoms with Gasteiger partial charge < -0.3 is 9.80 Å². The average Bonchev–Trinajstić information content (AvgIpc) is 2.72. The molecule has 2 aromatic carbocycles. The number of hydrogen-bond acceptors (Lipinski definition) is 4. The van der Waals surface area contributed by atoms with E-state index in [-0.39, 0.29) is 10.8 Å². The molecule has 1 amide bonds. The van der Waals surface area contributed by atoms with Crippen LogP contribution < -0.4 is 4.90 Å². The number of sulfone groups is 1. The molecule has 1 heterocycles. The van der Waals surface area contributed by atoms with Crippen LogP contribution in [0.2, 0.25) is 0 Å². The van der Waals surface area contributed by atoms with E-state index in [2.05, 4.69) is 4.90 Å². The molecule has 0 saturated heterocycles. The summed E-state index contributed by atoms with van der Waals surface area (Å²) in [7, 11) is -1.32. The van der Waals surface area contributed by atoms with Gasteiger partial charge in [0.2, 0.25) is 0 Å². The Hall–Kier alpha value is -2.18. The standard InChI is InChI=1S/C18H20N2O3S/c1-19-10-11-20(17-9-4-3-6-15(17)13-19)18(21)14-7-5-8-16(12-14)24(2,22)23/h3-9,12H,10-11,13H2,1-2H3. The highest BCUT2D eigenvalue weighted by Crippen LogP contribution is 2.26. The fraction of sp³-hybridized carbons (Fsp3) is 0.278. The minimum absolute atomic E-state index is 0.161. The van der Waals surface area contributed by atoms with Crippen molar-refractivity contribution in [2.75, 3.05) is 31.3 Å². The van der Waals surface area contributed by atoms with Gasteiger partial charge in [0, 0.05) is 37.1 Å². The van der Waals surface area contributed by atoms with Crippen LogP contribution in [-0.2, 0) is 16.4 Å². The third kappa shape index (κ3) is 3.34. The van der Waals surface area contributed by atoms with Gasteiger partial charge in [0.15, 0.2) is 9.84 Å². The van der Waals surface area contributed by atoms with E-state index >= 15 is 0 Å². The topological polar surface area (TPSA) is 57.7 Å². The van der Waals surface area contributed by atoms with Crippen molar-refractivity contribution in [1.29, 1.82) is 0 Å². The van der Waals surface area contributed by atoms with Crippen molar-refractivity contribution in [3.63, 3.8) is 0 Å². The molecule has 0 radical (unpaired) electrons. The van der Waals surface area contributed by atoms with Gasteiger partial charge in [0.25, 0.3) is 5.91 Å². The molecule has 0 bridgehead atoms. The van der Waals surface area contributed by atoms with Crippen molar-refractivity contribution >= 4 is 21.4 Å². The number of likely N-dealkylation sites (N-methyl/N-ethyl adjacent to an activating group) is 1. The second-order valence-corrected chi connectivity index (χ2v) is 8.14. The monoisotopic (exact) mass is 344 g/mol. The maximum absolute atomic E-state index is 13.0. The fourth-order valence-electron chi connectivity index (χ4n) is 2.90. The van der Waals surface area contributed by atoms with E-state index < -0.39 is 9.84 Å². The molecular weight excluding hydrogens is 324 g/mol. The lowest BCUT2D eigenvalue weighted by molar-refractivity contribution is 0.0985. The van der Waals surface area contributed by atoms with E-state index in [0.29, 0.717) is 12.1 Å².